The summed E-state index contributed by atoms with van der Waals surface area (Å²) in [4.78, 5) is 12.6. The number of aromatic hydroxyl groups is 2. The van der Waals surface area contributed by atoms with Gasteiger partial charge in [-0.2, -0.15) is 0 Å². The highest BCUT2D eigenvalue weighted by atomic mass is 16.6. The van der Waals surface area contributed by atoms with Crippen LogP contribution in [0.2, 0.25) is 0 Å². The lowest BCUT2D eigenvalue weighted by Crippen LogP contribution is -2.86. The molecule has 0 amide bonds. The highest BCUT2D eigenvalue weighted by Gasteiger charge is 2.60. The van der Waals surface area contributed by atoms with Gasteiger partial charge in [-0.1, -0.05) is 31.6 Å². The molecule has 5 N–H and O–H groups in total. The zero-order valence-electron chi connectivity index (χ0n) is 17.2. The molecule has 29 heavy (non-hydrogen) atoms. The van der Waals surface area contributed by atoms with Gasteiger partial charge in [0.2, 0.25) is 0 Å². The molecule has 1 aromatic carbocycles. The predicted octanol–water partition coefficient (Wildman–Crippen LogP) is 1.49. The molecule has 3 aliphatic rings. The van der Waals surface area contributed by atoms with Crippen LogP contribution in [0.5, 0.6) is 11.5 Å². The van der Waals surface area contributed by atoms with Crippen LogP contribution >= 0.6 is 0 Å². The molecule has 0 spiro atoms. The maximum Gasteiger partial charge on any atom is 0.315 e. The summed E-state index contributed by atoms with van der Waals surface area (Å²) < 4.78 is 5.70. The van der Waals surface area contributed by atoms with Crippen molar-refractivity contribution in [2.24, 2.45) is 23.2 Å². The minimum absolute atomic E-state index is 0.117. The Balaban J connectivity index is 1.40. The summed E-state index contributed by atoms with van der Waals surface area (Å²) in [7, 11) is 0. The van der Waals surface area contributed by atoms with Crippen molar-refractivity contribution in [1.82, 2.24) is 0 Å². The van der Waals surface area contributed by atoms with E-state index in [0.29, 0.717) is 18.9 Å². The fourth-order valence-corrected chi connectivity index (χ4v) is 5.62. The summed E-state index contributed by atoms with van der Waals surface area (Å²) >= 11 is 0. The number of fused-ring (bicyclic) bond motifs is 2. The number of esters is 1. The normalized spacial score (nSPS) is 36.2. The number of rotatable bonds is 5. The van der Waals surface area contributed by atoms with E-state index in [2.05, 4.69) is 25.2 Å². The van der Waals surface area contributed by atoms with Crippen LogP contribution in [-0.2, 0) is 16.0 Å². The molecule has 0 unspecified atom stereocenters. The van der Waals surface area contributed by atoms with Crippen LogP contribution in [0.15, 0.2) is 29.8 Å². The summed E-state index contributed by atoms with van der Waals surface area (Å²) in [6.07, 6.45) is 5.04. The van der Waals surface area contributed by atoms with Gasteiger partial charge in [0, 0.05) is 24.2 Å². The Morgan fingerprint density at radius 1 is 1.28 bits per heavy atom. The lowest BCUT2D eigenvalue weighted by atomic mass is 9.55. The van der Waals surface area contributed by atoms with Gasteiger partial charge < -0.3 is 25.4 Å². The Morgan fingerprint density at radius 3 is 2.83 bits per heavy atom. The fourth-order valence-electron chi connectivity index (χ4n) is 5.62. The van der Waals surface area contributed by atoms with Crippen molar-refractivity contribution in [3.05, 3.63) is 35.4 Å². The molecule has 158 valence electrons. The molecule has 1 heterocycles. The Bertz CT molecular complexity index is 821. The van der Waals surface area contributed by atoms with Crippen molar-refractivity contribution in [2.75, 3.05) is 13.1 Å². The summed E-state index contributed by atoms with van der Waals surface area (Å²) in [5.74, 6) is -0.486. The smallest absolute Gasteiger partial charge is 0.315 e. The number of hydrogen-bond acceptors (Lipinski definition) is 5. The third-order valence-corrected chi connectivity index (χ3v) is 7.67. The third kappa shape index (κ3) is 3.42. The molecule has 6 heteroatoms. The van der Waals surface area contributed by atoms with E-state index in [4.69, 9.17) is 4.74 Å². The van der Waals surface area contributed by atoms with E-state index in [1.54, 1.807) is 12.1 Å². The number of phenolic OH excluding ortho intramolecular Hbond substituents is 2. The molecular weight excluding hydrogens is 370 g/mol. The highest BCUT2D eigenvalue weighted by Crippen LogP contribution is 2.55. The first-order valence-corrected chi connectivity index (χ1v) is 10.7. The molecule has 0 bridgehead atoms. The second-order valence-electron chi connectivity index (χ2n) is 9.18. The van der Waals surface area contributed by atoms with Gasteiger partial charge in [0.05, 0.1) is 19.2 Å². The Labute approximate surface area is 171 Å². The van der Waals surface area contributed by atoms with Crippen molar-refractivity contribution < 1.29 is 30.2 Å². The number of nitrogens with two attached hydrogens (primary N) is 1. The van der Waals surface area contributed by atoms with Gasteiger partial charge in [-0.25, -0.2) is 0 Å². The highest BCUT2D eigenvalue weighted by molar-refractivity contribution is 5.76. The van der Waals surface area contributed by atoms with E-state index in [-0.39, 0.29) is 40.8 Å². The van der Waals surface area contributed by atoms with Crippen LogP contribution < -0.4 is 5.32 Å². The number of carbonyl (C=O) groups is 1. The van der Waals surface area contributed by atoms with Crippen LogP contribution in [-0.4, -0.2) is 46.6 Å². The number of hydrogen-bond donors (Lipinski definition) is 4. The summed E-state index contributed by atoms with van der Waals surface area (Å²) in [6.45, 7) is 5.71. The molecule has 4 rings (SSSR count). The quantitative estimate of drug-likeness (QED) is 0.259. The molecule has 0 radical (unpaired) electrons. The number of phenols is 2. The first-order chi connectivity index (χ1) is 13.8. The maximum atomic E-state index is 12.6. The van der Waals surface area contributed by atoms with Gasteiger partial charge in [0.15, 0.2) is 11.5 Å². The number of ether oxygens (including phenoxy) is 1. The largest absolute Gasteiger partial charge is 0.504 e. The predicted molar refractivity (Wildman–Crippen MR) is 107 cm³/mol. The zero-order chi connectivity index (χ0) is 20.8. The molecule has 2 fully saturated rings. The van der Waals surface area contributed by atoms with E-state index < -0.39 is 6.10 Å². The van der Waals surface area contributed by atoms with Gasteiger partial charge in [-0.15, -0.1) is 0 Å². The van der Waals surface area contributed by atoms with Crippen molar-refractivity contribution >= 4 is 5.97 Å². The average molecular weight is 403 g/mol. The average Bonchev–Trinajstić information content (AvgIpc) is 2.99. The number of aliphatic hydroxyl groups excluding tert-OH is 1. The van der Waals surface area contributed by atoms with Gasteiger partial charge in [-0.3, -0.25) is 4.79 Å². The SMILES string of the molecule is C[C@@H]1CCC=C2C[C@H]3OC(=O)[C@@H](C[NH2+]CCc4ccc(O)c(O)c4)[C@H]3[C@@H](O)[C@@]21C. The minimum atomic E-state index is -0.568. The van der Waals surface area contributed by atoms with Gasteiger partial charge in [0.25, 0.3) is 0 Å². The number of benzene rings is 1. The Morgan fingerprint density at radius 2 is 2.07 bits per heavy atom. The molecule has 6 nitrogen and oxygen atoms in total. The van der Waals surface area contributed by atoms with Crippen LogP contribution in [0.25, 0.3) is 0 Å². The van der Waals surface area contributed by atoms with Crippen molar-refractivity contribution in [3.8, 4) is 11.5 Å². The summed E-state index contributed by atoms with van der Waals surface area (Å²) in [6, 6.07) is 4.83. The van der Waals surface area contributed by atoms with Crippen molar-refractivity contribution in [2.45, 2.75) is 51.7 Å². The van der Waals surface area contributed by atoms with Gasteiger partial charge in [0.1, 0.15) is 12.0 Å². The van der Waals surface area contributed by atoms with Crippen LogP contribution in [0.4, 0.5) is 0 Å². The van der Waals surface area contributed by atoms with Gasteiger partial charge >= 0.3 is 5.97 Å². The Kier molecular flexibility index (Phi) is 5.34. The van der Waals surface area contributed by atoms with Crippen LogP contribution in [0.3, 0.4) is 0 Å². The molecule has 2 aliphatic carbocycles. The number of allylic oxidation sites excluding steroid dienone is 1. The number of aliphatic hydroxyl groups is 1. The molecule has 1 aromatic rings. The lowest BCUT2D eigenvalue weighted by molar-refractivity contribution is -0.659. The minimum Gasteiger partial charge on any atom is -0.504 e. The monoisotopic (exact) mass is 402 g/mol. The lowest BCUT2D eigenvalue weighted by Gasteiger charge is -2.51. The third-order valence-electron chi connectivity index (χ3n) is 7.67. The molecule has 0 aromatic heterocycles. The second kappa shape index (κ2) is 7.65. The van der Waals surface area contributed by atoms with E-state index in [0.717, 1.165) is 31.4 Å². The number of carbonyl (C=O) groups excluding carboxylic acids is 1. The molecule has 1 saturated heterocycles. The first-order valence-electron chi connectivity index (χ1n) is 10.7. The zero-order valence-corrected chi connectivity index (χ0v) is 17.2. The standard InChI is InChI=1S/C23H31NO5/c1-13-4-3-5-15-11-19-20(21(27)23(13,15)2)16(22(28)29-19)12-24-9-8-14-6-7-17(25)18(26)10-14/h5-7,10,13,16,19-21,24-27H,3-4,8-9,11-12H2,1-2H3/p+1/t13-,16+,19-,20-,21-,23-/m1/s1. The number of quaternary nitrogens is 1. The topological polar surface area (TPSA) is 104 Å². The van der Waals surface area contributed by atoms with Gasteiger partial charge in [-0.05, 0) is 36.5 Å². The Hall–Kier alpha value is -2.05. The summed E-state index contributed by atoms with van der Waals surface area (Å²) in [5.41, 5.74) is 1.92. The maximum absolute atomic E-state index is 12.6. The van der Waals surface area contributed by atoms with Crippen molar-refractivity contribution in [3.63, 3.8) is 0 Å². The molecule has 1 saturated carbocycles. The van der Waals surface area contributed by atoms with E-state index >= 15 is 0 Å². The van der Waals surface area contributed by atoms with Crippen LogP contribution in [0, 0.1) is 23.2 Å². The first kappa shape index (κ1) is 20.2. The van der Waals surface area contributed by atoms with E-state index in [1.807, 2.05) is 0 Å². The fraction of sp³-hybridized carbons (Fsp3) is 0.609. The van der Waals surface area contributed by atoms with E-state index in [1.165, 1.54) is 11.6 Å². The molecular formula is C23H32NO5+. The van der Waals surface area contributed by atoms with E-state index in [9.17, 15) is 20.1 Å². The second-order valence-corrected chi connectivity index (χ2v) is 9.18. The molecule has 1 aliphatic heterocycles. The molecule has 6 atom stereocenters. The summed E-state index contributed by atoms with van der Waals surface area (Å²) in [5, 5.41) is 32.4. The van der Waals surface area contributed by atoms with Crippen LogP contribution in [0.1, 0.15) is 38.7 Å². The van der Waals surface area contributed by atoms with Crippen molar-refractivity contribution in [1.29, 1.82) is 0 Å².